The standard InChI is InChI=1S/C19H23N3O2/c20-12-14-7-9-15(10-8-14)18(23)22-13-16-4-3-11-21-19(16)24-17-5-1-2-6-17/h3-4,7-11,17H,1-2,5-6,12-13,20H2,(H,22,23). The van der Waals surface area contributed by atoms with E-state index >= 15 is 0 Å². The number of carbonyl (C=O) groups is 1. The van der Waals surface area contributed by atoms with Crippen LogP contribution in [-0.4, -0.2) is 17.0 Å². The molecule has 1 heterocycles. The minimum absolute atomic E-state index is 0.116. The number of aromatic nitrogens is 1. The van der Waals surface area contributed by atoms with Crippen LogP contribution in [0.4, 0.5) is 0 Å². The largest absolute Gasteiger partial charge is 0.474 e. The SMILES string of the molecule is NCc1ccc(C(=O)NCc2cccnc2OC2CCCC2)cc1. The fraction of sp³-hybridized carbons (Fsp3) is 0.368. The van der Waals surface area contributed by atoms with E-state index in [1.807, 2.05) is 24.3 Å². The Bertz CT molecular complexity index is 679. The third-order valence-electron chi connectivity index (χ3n) is 4.32. The van der Waals surface area contributed by atoms with Crippen LogP contribution in [0.5, 0.6) is 5.88 Å². The third kappa shape index (κ3) is 4.11. The van der Waals surface area contributed by atoms with Gasteiger partial charge in [-0.1, -0.05) is 18.2 Å². The Kier molecular flexibility index (Phi) is 5.43. The van der Waals surface area contributed by atoms with E-state index in [9.17, 15) is 4.79 Å². The molecule has 1 aromatic heterocycles. The van der Waals surface area contributed by atoms with Gasteiger partial charge in [-0.05, 0) is 49.4 Å². The Morgan fingerprint density at radius 1 is 1.21 bits per heavy atom. The van der Waals surface area contributed by atoms with Crippen LogP contribution in [0.2, 0.25) is 0 Å². The van der Waals surface area contributed by atoms with Gasteiger partial charge in [0.2, 0.25) is 5.88 Å². The number of pyridine rings is 1. The molecule has 1 aliphatic carbocycles. The normalized spacial score (nSPS) is 14.5. The molecule has 0 radical (unpaired) electrons. The summed E-state index contributed by atoms with van der Waals surface area (Å²) in [5, 5.41) is 2.93. The number of hydrogen-bond acceptors (Lipinski definition) is 4. The first-order chi connectivity index (χ1) is 11.8. The average molecular weight is 325 g/mol. The molecular weight excluding hydrogens is 302 g/mol. The van der Waals surface area contributed by atoms with Crippen molar-refractivity contribution in [2.75, 3.05) is 0 Å². The summed E-state index contributed by atoms with van der Waals surface area (Å²) in [5.74, 6) is 0.512. The second-order valence-electron chi connectivity index (χ2n) is 6.08. The molecule has 0 bridgehead atoms. The highest BCUT2D eigenvalue weighted by molar-refractivity contribution is 5.94. The van der Waals surface area contributed by atoms with Gasteiger partial charge in [0.1, 0.15) is 6.10 Å². The lowest BCUT2D eigenvalue weighted by Crippen LogP contribution is -2.24. The minimum atomic E-state index is -0.116. The highest BCUT2D eigenvalue weighted by atomic mass is 16.5. The van der Waals surface area contributed by atoms with Gasteiger partial charge < -0.3 is 15.8 Å². The molecule has 2 aromatic rings. The van der Waals surface area contributed by atoms with Crippen molar-refractivity contribution in [3.63, 3.8) is 0 Å². The van der Waals surface area contributed by atoms with E-state index in [1.165, 1.54) is 12.8 Å². The first kappa shape index (κ1) is 16.5. The van der Waals surface area contributed by atoms with Gasteiger partial charge in [0.05, 0.1) is 0 Å². The summed E-state index contributed by atoms with van der Waals surface area (Å²) in [6, 6.07) is 11.1. The van der Waals surface area contributed by atoms with Crippen LogP contribution >= 0.6 is 0 Å². The molecular formula is C19H23N3O2. The zero-order valence-corrected chi connectivity index (χ0v) is 13.7. The zero-order valence-electron chi connectivity index (χ0n) is 13.7. The Labute approximate surface area is 142 Å². The molecule has 24 heavy (non-hydrogen) atoms. The van der Waals surface area contributed by atoms with E-state index in [1.54, 1.807) is 18.3 Å². The van der Waals surface area contributed by atoms with Gasteiger partial charge in [-0.25, -0.2) is 4.98 Å². The first-order valence-corrected chi connectivity index (χ1v) is 8.44. The number of rotatable bonds is 6. The van der Waals surface area contributed by atoms with Crippen molar-refractivity contribution >= 4 is 5.91 Å². The second-order valence-corrected chi connectivity index (χ2v) is 6.08. The lowest BCUT2D eigenvalue weighted by atomic mass is 10.1. The number of benzene rings is 1. The fourth-order valence-corrected chi connectivity index (χ4v) is 2.90. The van der Waals surface area contributed by atoms with E-state index in [4.69, 9.17) is 10.5 Å². The minimum Gasteiger partial charge on any atom is -0.474 e. The van der Waals surface area contributed by atoms with E-state index in [0.29, 0.717) is 24.5 Å². The van der Waals surface area contributed by atoms with Crippen molar-refractivity contribution in [2.45, 2.75) is 44.9 Å². The number of nitrogens with two attached hydrogens (primary N) is 1. The van der Waals surface area contributed by atoms with Crippen LogP contribution in [0.1, 0.15) is 47.2 Å². The van der Waals surface area contributed by atoms with Crippen LogP contribution in [0.15, 0.2) is 42.6 Å². The Morgan fingerprint density at radius 2 is 1.96 bits per heavy atom. The number of nitrogens with one attached hydrogen (secondary N) is 1. The molecule has 1 aliphatic rings. The summed E-state index contributed by atoms with van der Waals surface area (Å²) in [6.07, 6.45) is 6.55. The third-order valence-corrected chi connectivity index (χ3v) is 4.32. The number of hydrogen-bond donors (Lipinski definition) is 2. The molecule has 3 N–H and O–H groups in total. The number of nitrogens with zero attached hydrogens (tertiary/aromatic N) is 1. The van der Waals surface area contributed by atoms with Crippen molar-refractivity contribution in [1.29, 1.82) is 0 Å². The molecule has 1 amide bonds. The molecule has 1 aromatic carbocycles. The first-order valence-electron chi connectivity index (χ1n) is 8.44. The zero-order chi connectivity index (χ0) is 16.8. The highest BCUT2D eigenvalue weighted by Crippen LogP contribution is 2.24. The predicted molar refractivity (Wildman–Crippen MR) is 92.6 cm³/mol. The van der Waals surface area contributed by atoms with Crippen LogP contribution in [0, 0.1) is 0 Å². The second kappa shape index (κ2) is 7.93. The molecule has 3 rings (SSSR count). The molecule has 1 saturated carbocycles. The Balaban J connectivity index is 1.62. The van der Waals surface area contributed by atoms with E-state index in [-0.39, 0.29) is 12.0 Å². The van der Waals surface area contributed by atoms with Gasteiger partial charge in [0.25, 0.3) is 5.91 Å². The Hall–Kier alpha value is -2.40. The quantitative estimate of drug-likeness (QED) is 0.856. The number of amides is 1. The van der Waals surface area contributed by atoms with E-state index in [0.717, 1.165) is 24.0 Å². The summed E-state index contributed by atoms with van der Waals surface area (Å²) in [7, 11) is 0. The van der Waals surface area contributed by atoms with E-state index < -0.39 is 0 Å². The van der Waals surface area contributed by atoms with Gasteiger partial charge >= 0.3 is 0 Å². The van der Waals surface area contributed by atoms with Gasteiger partial charge in [0, 0.05) is 30.4 Å². The molecule has 0 spiro atoms. The summed E-state index contributed by atoms with van der Waals surface area (Å²) in [4.78, 5) is 16.6. The molecule has 1 fully saturated rings. The van der Waals surface area contributed by atoms with Crippen molar-refractivity contribution in [1.82, 2.24) is 10.3 Å². The molecule has 0 saturated heterocycles. The molecule has 126 valence electrons. The molecule has 0 unspecified atom stereocenters. The highest BCUT2D eigenvalue weighted by Gasteiger charge is 2.18. The smallest absolute Gasteiger partial charge is 0.251 e. The topological polar surface area (TPSA) is 77.2 Å². The predicted octanol–water partition coefficient (Wildman–Crippen LogP) is 2.79. The van der Waals surface area contributed by atoms with Crippen LogP contribution in [0.25, 0.3) is 0 Å². The maximum absolute atomic E-state index is 12.3. The van der Waals surface area contributed by atoms with Crippen LogP contribution in [-0.2, 0) is 13.1 Å². The summed E-state index contributed by atoms with van der Waals surface area (Å²) in [6.45, 7) is 0.868. The molecule has 0 atom stereocenters. The summed E-state index contributed by atoms with van der Waals surface area (Å²) < 4.78 is 6.00. The Morgan fingerprint density at radius 3 is 2.67 bits per heavy atom. The molecule has 5 heteroatoms. The maximum atomic E-state index is 12.3. The fourth-order valence-electron chi connectivity index (χ4n) is 2.90. The van der Waals surface area contributed by atoms with Gasteiger partial charge in [0.15, 0.2) is 0 Å². The number of ether oxygens (including phenoxy) is 1. The van der Waals surface area contributed by atoms with Crippen molar-refractivity contribution in [2.24, 2.45) is 5.73 Å². The van der Waals surface area contributed by atoms with Crippen LogP contribution < -0.4 is 15.8 Å². The van der Waals surface area contributed by atoms with Crippen molar-refractivity contribution < 1.29 is 9.53 Å². The molecule has 5 nitrogen and oxygen atoms in total. The molecule has 0 aliphatic heterocycles. The monoisotopic (exact) mass is 325 g/mol. The van der Waals surface area contributed by atoms with E-state index in [2.05, 4.69) is 10.3 Å². The lowest BCUT2D eigenvalue weighted by molar-refractivity contribution is 0.0950. The van der Waals surface area contributed by atoms with Gasteiger partial charge in [-0.2, -0.15) is 0 Å². The van der Waals surface area contributed by atoms with Gasteiger partial charge in [-0.15, -0.1) is 0 Å². The number of carbonyl (C=O) groups excluding carboxylic acids is 1. The summed E-state index contributed by atoms with van der Waals surface area (Å²) in [5.41, 5.74) is 8.10. The average Bonchev–Trinajstić information content (AvgIpc) is 3.14. The summed E-state index contributed by atoms with van der Waals surface area (Å²) >= 11 is 0. The van der Waals surface area contributed by atoms with Crippen molar-refractivity contribution in [3.05, 3.63) is 59.3 Å². The maximum Gasteiger partial charge on any atom is 0.251 e. The van der Waals surface area contributed by atoms with Crippen LogP contribution in [0.3, 0.4) is 0 Å². The van der Waals surface area contributed by atoms with Crippen molar-refractivity contribution in [3.8, 4) is 5.88 Å². The lowest BCUT2D eigenvalue weighted by Gasteiger charge is -2.15. The van der Waals surface area contributed by atoms with Gasteiger partial charge in [-0.3, -0.25) is 4.79 Å².